The van der Waals surface area contributed by atoms with E-state index in [0.717, 1.165) is 17.1 Å². The van der Waals surface area contributed by atoms with Crippen molar-refractivity contribution in [2.45, 2.75) is 11.3 Å². The maximum Gasteiger partial charge on any atom is 0.241 e. The van der Waals surface area contributed by atoms with Crippen LogP contribution in [0.3, 0.4) is 0 Å². The molecule has 2 rings (SSSR count). The fourth-order valence-corrected chi connectivity index (χ4v) is 2.89. The minimum Gasteiger partial charge on any atom is -0.507 e. The Hall–Kier alpha value is -2.00. The number of halogens is 1. The summed E-state index contributed by atoms with van der Waals surface area (Å²) in [6.45, 7) is 1.79. The van der Waals surface area contributed by atoms with Crippen LogP contribution in [0.25, 0.3) is 0 Å². The van der Waals surface area contributed by atoms with E-state index in [9.17, 15) is 13.5 Å². The van der Waals surface area contributed by atoms with Crippen LogP contribution >= 0.6 is 12.4 Å². The Morgan fingerprint density at radius 3 is 2.35 bits per heavy atom. The summed E-state index contributed by atoms with van der Waals surface area (Å²) in [5, 5.41) is 17.8. The molecule has 0 aliphatic carbocycles. The summed E-state index contributed by atoms with van der Waals surface area (Å²) >= 11 is 0. The number of ether oxygens (including phenoxy) is 2. The molecule has 0 saturated carbocycles. The van der Waals surface area contributed by atoms with Crippen LogP contribution < -0.4 is 19.9 Å². The lowest BCUT2D eigenvalue weighted by Gasteiger charge is -2.09. The highest BCUT2D eigenvalue weighted by molar-refractivity contribution is 7.89. The van der Waals surface area contributed by atoms with Crippen LogP contribution in [0.4, 0.5) is 0 Å². The second-order valence-electron chi connectivity index (χ2n) is 5.37. The lowest BCUT2D eigenvalue weighted by molar-refractivity contribution is 0.313. The minimum absolute atomic E-state index is 0. The van der Waals surface area contributed by atoms with Gasteiger partial charge in [0.15, 0.2) is 0 Å². The minimum atomic E-state index is -3.93. The summed E-state index contributed by atoms with van der Waals surface area (Å²) in [5.41, 5.74) is 0.769. The third-order valence-corrected chi connectivity index (χ3v) is 4.47. The molecule has 0 aliphatic rings. The van der Waals surface area contributed by atoms with Gasteiger partial charge in [-0.05, 0) is 54.9 Å². The van der Waals surface area contributed by atoms with Crippen molar-refractivity contribution in [3.8, 4) is 17.2 Å². The second-order valence-corrected chi connectivity index (χ2v) is 6.90. The fourth-order valence-electron chi connectivity index (χ4n) is 2.21. The van der Waals surface area contributed by atoms with Gasteiger partial charge in [-0.2, -0.15) is 0 Å². The lowest BCUT2D eigenvalue weighted by atomic mass is 10.1. The Morgan fingerprint density at radius 2 is 1.73 bits per heavy atom. The van der Waals surface area contributed by atoms with E-state index in [1.165, 1.54) is 12.1 Å². The summed E-state index contributed by atoms with van der Waals surface area (Å²) in [7, 11) is -2.32. The molecule has 0 bridgehead atoms. The predicted octanol–water partition coefficient (Wildman–Crippen LogP) is 1.68. The second kappa shape index (κ2) is 10.2. The van der Waals surface area contributed by atoms with E-state index in [1.54, 1.807) is 13.2 Å². The van der Waals surface area contributed by atoms with Gasteiger partial charge >= 0.3 is 0 Å². The zero-order chi connectivity index (χ0) is 18.3. The van der Waals surface area contributed by atoms with Crippen molar-refractivity contribution in [3.05, 3.63) is 48.0 Å². The van der Waals surface area contributed by atoms with E-state index in [1.807, 2.05) is 24.3 Å². The molecule has 0 aromatic heterocycles. The molecular weight excluding hydrogens is 380 g/mol. The van der Waals surface area contributed by atoms with Crippen molar-refractivity contribution in [3.63, 3.8) is 0 Å². The topological polar surface area (TPSA) is 111 Å². The van der Waals surface area contributed by atoms with Gasteiger partial charge in [0.1, 0.15) is 28.8 Å². The van der Waals surface area contributed by atoms with E-state index in [0.29, 0.717) is 26.1 Å². The first kappa shape index (κ1) is 22.0. The largest absolute Gasteiger partial charge is 0.507 e. The van der Waals surface area contributed by atoms with Crippen molar-refractivity contribution in [1.82, 2.24) is 5.32 Å². The van der Waals surface area contributed by atoms with Crippen LogP contribution in [-0.2, 0) is 16.4 Å². The molecule has 26 heavy (non-hydrogen) atoms. The molecule has 2 aromatic rings. The van der Waals surface area contributed by atoms with Gasteiger partial charge in [0.05, 0.1) is 7.11 Å². The van der Waals surface area contributed by atoms with Crippen LogP contribution in [0, 0.1) is 0 Å². The fraction of sp³-hybridized carbons (Fsp3) is 0.294. The first-order chi connectivity index (χ1) is 11.9. The van der Waals surface area contributed by atoms with Crippen LogP contribution in [0.2, 0.25) is 0 Å². The molecule has 9 heteroatoms. The number of phenolic OH excluding ortho intramolecular Hbond substituents is 1. The number of sulfonamides is 1. The Bertz CT molecular complexity index is 797. The van der Waals surface area contributed by atoms with Gasteiger partial charge in [-0.25, -0.2) is 13.6 Å². The van der Waals surface area contributed by atoms with Crippen LogP contribution in [-0.4, -0.2) is 40.3 Å². The van der Waals surface area contributed by atoms with E-state index < -0.39 is 10.0 Å². The van der Waals surface area contributed by atoms with Crippen molar-refractivity contribution < 1.29 is 23.0 Å². The normalized spacial score (nSPS) is 10.8. The Balaban J connectivity index is 0.00000338. The number of aromatic hydroxyl groups is 1. The molecule has 144 valence electrons. The highest BCUT2D eigenvalue weighted by atomic mass is 35.5. The van der Waals surface area contributed by atoms with Crippen molar-refractivity contribution in [1.29, 1.82) is 0 Å². The third-order valence-electron chi connectivity index (χ3n) is 3.53. The van der Waals surface area contributed by atoms with Gasteiger partial charge in [0.2, 0.25) is 10.0 Å². The molecule has 0 saturated heterocycles. The number of nitrogens with two attached hydrogens (primary N) is 1. The highest BCUT2D eigenvalue weighted by Gasteiger charge is 2.14. The van der Waals surface area contributed by atoms with Gasteiger partial charge in [0, 0.05) is 6.54 Å². The number of primary sulfonamides is 1. The van der Waals surface area contributed by atoms with E-state index in [-0.39, 0.29) is 23.1 Å². The summed E-state index contributed by atoms with van der Waals surface area (Å²) < 4.78 is 33.4. The molecule has 0 heterocycles. The average molecular weight is 403 g/mol. The van der Waals surface area contributed by atoms with Gasteiger partial charge < -0.3 is 19.9 Å². The van der Waals surface area contributed by atoms with Gasteiger partial charge in [-0.15, -0.1) is 12.4 Å². The molecular formula is C17H23ClN2O5S. The number of rotatable bonds is 9. The average Bonchev–Trinajstić information content (AvgIpc) is 2.59. The molecule has 0 unspecified atom stereocenters. The number of benzene rings is 2. The Kier molecular flexibility index (Phi) is 8.67. The zero-order valence-corrected chi connectivity index (χ0v) is 16.0. The molecule has 0 fully saturated rings. The number of hydrogen-bond donors (Lipinski definition) is 3. The van der Waals surface area contributed by atoms with Gasteiger partial charge in [-0.3, -0.25) is 0 Å². The van der Waals surface area contributed by atoms with Gasteiger partial charge in [0.25, 0.3) is 0 Å². The molecule has 7 nitrogen and oxygen atoms in total. The Labute approximate surface area is 159 Å². The standard InChI is InChI=1S/C17H22N2O5S.ClH/c1-23-14-3-5-15(6-4-14)24-11-10-19-9-8-13-2-7-16(20)17(12-13)25(18,21)22;/h2-7,12,19-20H,8-11H2,1H3,(H2,18,21,22);1H. The van der Waals surface area contributed by atoms with Crippen molar-refractivity contribution in [2.75, 3.05) is 26.8 Å². The van der Waals surface area contributed by atoms with Crippen LogP contribution in [0.1, 0.15) is 5.56 Å². The molecule has 0 amide bonds. The summed E-state index contributed by atoms with van der Waals surface area (Å²) in [5.74, 6) is 1.20. The predicted molar refractivity (Wildman–Crippen MR) is 102 cm³/mol. The van der Waals surface area contributed by atoms with Gasteiger partial charge in [-0.1, -0.05) is 6.07 Å². The monoisotopic (exact) mass is 402 g/mol. The quantitative estimate of drug-likeness (QED) is 0.550. The smallest absolute Gasteiger partial charge is 0.241 e. The van der Waals surface area contributed by atoms with Crippen LogP contribution in [0.15, 0.2) is 47.4 Å². The molecule has 2 aromatic carbocycles. The molecule has 0 spiro atoms. The molecule has 4 N–H and O–H groups in total. The lowest BCUT2D eigenvalue weighted by Crippen LogP contribution is -2.23. The molecule has 0 radical (unpaired) electrons. The summed E-state index contributed by atoms with van der Waals surface area (Å²) in [4.78, 5) is -0.257. The maximum absolute atomic E-state index is 11.4. The zero-order valence-electron chi connectivity index (χ0n) is 14.3. The third kappa shape index (κ3) is 6.72. The first-order valence-electron chi connectivity index (χ1n) is 7.72. The van der Waals surface area contributed by atoms with E-state index in [4.69, 9.17) is 14.6 Å². The first-order valence-corrected chi connectivity index (χ1v) is 9.27. The maximum atomic E-state index is 11.4. The number of hydrogen-bond acceptors (Lipinski definition) is 6. The van der Waals surface area contributed by atoms with Crippen molar-refractivity contribution >= 4 is 22.4 Å². The highest BCUT2D eigenvalue weighted by Crippen LogP contribution is 2.22. The van der Waals surface area contributed by atoms with Crippen LogP contribution in [0.5, 0.6) is 17.2 Å². The summed E-state index contributed by atoms with van der Waals surface area (Å²) in [6, 6.07) is 11.7. The SMILES string of the molecule is COc1ccc(OCCNCCc2ccc(O)c(S(N)(=O)=O)c2)cc1.Cl. The van der Waals surface area contributed by atoms with E-state index >= 15 is 0 Å². The van der Waals surface area contributed by atoms with E-state index in [2.05, 4.69) is 5.32 Å². The van der Waals surface area contributed by atoms with Crippen molar-refractivity contribution in [2.24, 2.45) is 5.14 Å². The molecule has 0 atom stereocenters. The summed E-state index contributed by atoms with van der Waals surface area (Å²) in [6.07, 6.45) is 0.603. The number of nitrogens with one attached hydrogen (secondary N) is 1. The number of methoxy groups -OCH3 is 1. The Morgan fingerprint density at radius 1 is 1.08 bits per heavy atom. The molecule has 0 aliphatic heterocycles. The number of phenols is 1.